The summed E-state index contributed by atoms with van der Waals surface area (Å²) in [5, 5.41) is 0. The minimum atomic E-state index is -4.27. The molecule has 0 aliphatic rings. The van der Waals surface area contributed by atoms with Crippen molar-refractivity contribution in [2.75, 3.05) is 11.5 Å². The average molecular weight is 320 g/mol. The van der Waals surface area contributed by atoms with Gasteiger partial charge in [-0.3, -0.25) is 8.78 Å². The molecule has 1 N–H and O–H groups in total. The molecule has 2 aromatic rings. The largest absolute Gasteiger partial charge is 0.390 e. The van der Waals surface area contributed by atoms with Crippen LogP contribution in [0, 0.1) is 0 Å². The molecule has 1 unspecified atom stereocenters. The summed E-state index contributed by atoms with van der Waals surface area (Å²) in [5.74, 6) is -0.228. The number of hydrogen-bond acceptors (Lipinski definition) is 2. The third kappa shape index (κ3) is 4.45. The lowest BCUT2D eigenvalue weighted by Crippen LogP contribution is -2.19. The lowest BCUT2D eigenvalue weighted by molar-refractivity contribution is -0.129. The minimum Gasteiger partial charge on any atom is -0.306 e. The zero-order valence-electron chi connectivity index (χ0n) is 11.2. The molecule has 8 heteroatoms. The van der Waals surface area contributed by atoms with Gasteiger partial charge in [0.25, 0.3) is 0 Å². The van der Waals surface area contributed by atoms with Crippen LogP contribution in [-0.2, 0) is 17.3 Å². The zero-order chi connectivity index (χ0) is 15.5. The predicted octanol–water partition coefficient (Wildman–Crippen LogP) is 2.42. The summed E-state index contributed by atoms with van der Waals surface area (Å²) in [6.45, 7) is 0.334. The molecule has 0 amide bonds. The van der Waals surface area contributed by atoms with Gasteiger partial charge in [-0.2, -0.15) is 13.2 Å². The highest BCUT2D eigenvalue weighted by Gasteiger charge is 2.27. The second kappa shape index (κ2) is 6.46. The van der Waals surface area contributed by atoms with E-state index in [1.807, 2.05) is 0 Å². The fourth-order valence-electron chi connectivity index (χ4n) is 2.04. The van der Waals surface area contributed by atoms with E-state index < -0.39 is 23.4 Å². The van der Waals surface area contributed by atoms with Gasteiger partial charge in [0, 0.05) is 28.9 Å². The molecular weight excluding hydrogens is 305 g/mol. The van der Waals surface area contributed by atoms with Crippen LogP contribution < -0.4 is 5.69 Å². The molecule has 0 saturated heterocycles. The van der Waals surface area contributed by atoms with E-state index in [0.717, 1.165) is 5.52 Å². The summed E-state index contributed by atoms with van der Waals surface area (Å²) in [7, 11) is -1.51. The van der Waals surface area contributed by atoms with Crippen LogP contribution in [0.4, 0.5) is 13.2 Å². The van der Waals surface area contributed by atoms with Gasteiger partial charge in [0.15, 0.2) is 0 Å². The Morgan fingerprint density at radius 3 is 2.62 bits per heavy atom. The zero-order valence-corrected chi connectivity index (χ0v) is 12.0. The summed E-state index contributed by atoms with van der Waals surface area (Å²) in [5.41, 5.74) is 1.18. The molecule has 1 aromatic carbocycles. The van der Waals surface area contributed by atoms with E-state index in [1.54, 1.807) is 24.3 Å². The highest BCUT2D eigenvalue weighted by atomic mass is 32.2. The quantitative estimate of drug-likeness (QED) is 0.889. The molecule has 1 aromatic heterocycles. The molecule has 0 saturated carbocycles. The molecule has 4 nitrogen and oxygen atoms in total. The van der Waals surface area contributed by atoms with Crippen LogP contribution in [-0.4, -0.2) is 31.4 Å². The molecule has 0 bridgehead atoms. The number of benzene rings is 1. The van der Waals surface area contributed by atoms with Gasteiger partial charge in [-0.1, -0.05) is 12.1 Å². The Morgan fingerprint density at radius 2 is 1.90 bits per heavy atom. The molecule has 0 fully saturated rings. The fourth-order valence-corrected chi connectivity index (χ4v) is 3.16. The van der Waals surface area contributed by atoms with Crippen LogP contribution in [0.25, 0.3) is 11.0 Å². The smallest absolute Gasteiger partial charge is 0.306 e. The number of aromatic nitrogens is 2. The van der Waals surface area contributed by atoms with Crippen molar-refractivity contribution in [3.63, 3.8) is 0 Å². The van der Waals surface area contributed by atoms with Crippen LogP contribution >= 0.6 is 0 Å². The van der Waals surface area contributed by atoms with Crippen molar-refractivity contribution in [3.05, 3.63) is 34.7 Å². The second-order valence-corrected chi connectivity index (χ2v) is 6.36. The molecule has 0 radical (unpaired) electrons. The number of alkyl halides is 3. The Labute approximate surface area is 121 Å². The van der Waals surface area contributed by atoms with E-state index in [1.165, 1.54) is 4.57 Å². The van der Waals surface area contributed by atoms with E-state index in [-0.39, 0.29) is 17.2 Å². The normalized spacial score (nSPS) is 13.7. The Bertz CT molecular complexity index is 691. The average Bonchev–Trinajstić information content (AvgIpc) is 2.72. The number of nitrogens with zero attached hydrogens (tertiary/aromatic N) is 1. The van der Waals surface area contributed by atoms with Gasteiger partial charge in [0.2, 0.25) is 0 Å². The third-order valence-corrected chi connectivity index (χ3v) is 4.45. The maximum Gasteiger partial charge on any atom is 0.390 e. The highest BCUT2D eigenvalue weighted by molar-refractivity contribution is 7.84. The first kappa shape index (κ1) is 15.8. The Morgan fingerprint density at radius 1 is 1.19 bits per heavy atom. The van der Waals surface area contributed by atoms with Crippen molar-refractivity contribution in [1.29, 1.82) is 0 Å². The van der Waals surface area contributed by atoms with E-state index >= 15 is 0 Å². The Hall–Kier alpha value is -1.57. The lowest BCUT2D eigenvalue weighted by atomic mass is 10.3. The van der Waals surface area contributed by atoms with Gasteiger partial charge < -0.3 is 4.98 Å². The molecule has 0 aliphatic heterocycles. The van der Waals surface area contributed by atoms with Crippen molar-refractivity contribution in [2.45, 2.75) is 25.6 Å². The van der Waals surface area contributed by atoms with Crippen molar-refractivity contribution in [1.82, 2.24) is 9.55 Å². The monoisotopic (exact) mass is 320 g/mol. The Balaban J connectivity index is 1.89. The first-order valence-electron chi connectivity index (χ1n) is 6.46. The molecule has 1 atom stereocenters. The Kier molecular flexibility index (Phi) is 4.87. The number of aromatic amines is 1. The molecule has 0 aliphatic carbocycles. The summed E-state index contributed by atoms with van der Waals surface area (Å²) < 4.78 is 49.0. The number of nitrogens with one attached hydrogen (secondary N) is 1. The maximum absolute atomic E-state index is 12.0. The van der Waals surface area contributed by atoms with Crippen LogP contribution in [0.1, 0.15) is 12.8 Å². The molecular formula is C13H15F3N2O2S. The molecule has 0 spiro atoms. The topological polar surface area (TPSA) is 54.9 Å². The summed E-state index contributed by atoms with van der Waals surface area (Å²) in [4.78, 5) is 14.4. The number of aryl methyl sites for hydroxylation is 1. The van der Waals surface area contributed by atoms with E-state index in [0.29, 0.717) is 18.5 Å². The first-order valence-corrected chi connectivity index (χ1v) is 7.95. The second-order valence-electron chi connectivity index (χ2n) is 4.67. The number of rotatable bonds is 6. The fraction of sp³-hybridized carbons (Fsp3) is 0.462. The number of imidazole rings is 1. The number of halogens is 3. The van der Waals surface area contributed by atoms with Crippen LogP contribution in [0.15, 0.2) is 29.1 Å². The van der Waals surface area contributed by atoms with Gasteiger partial charge in [-0.05, 0) is 18.6 Å². The highest BCUT2D eigenvalue weighted by Crippen LogP contribution is 2.19. The lowest BCUT2D eigenvalue weighted by Gasteiger charge is -2.06. The van der Waals surface area contributed by atoms with Gasteiger partial charge in [0.05, 0.1) is 17.5 Å². The number of H-pyrrole nitrogens is 1. The van der Waals surface area contributed by atoms with E-state index in [9.17, 15) is 22.2 Å². The van der Waals surface area contributed by atoms with Gasteiger partial charge in [-0.25, -0.2) is 4.79 Å². The predicted molar refractivity (Wildman–Crippen MR) is 75.7 cm³/mol. The first-order chi connectivity index (χ1) is 9.87. The van der Waals surface area contributed by atoms with Crippen molar-refractivity contribution < 1.29 is 17.4 Å². The maximum atomic E-state index is 12.0. The summed E-state index contributed by atoms with van der Waals surface area (Å²) >= 11 is 0. The van der Waals surface area contributed by atoms with E-state index in [4.69, 9.17) is 0 Å². The molecule has 1 heterocycles. The molecule has 21 heavy (non-hydrogen) atoms. The van der Waals surface area contributed by atoms with Crippen molar-refractivity contribution in [2.24, 2.45) is 0 Å². The van der Waals surface area contributed by atoms with Crippen molar-refractivity contribution >= 4 is 21.8 Å². The standard InChI is InChI=1S/C13H15F3N2O2S/c14-13(15,16)6-9-21(20)8-3-7-18-11-5-2-1-4-10(11)17-12(18)19/h1-2,4-5H,3,6-9H2,(H,17,19). The number of fused-ring (bicyclic) bond motifs is 1. The third-order valence-electron chi connectivity index (χ3n) is 3.05. The van der Waals surface area contributed by atoms with Gasteiger partial charge in [-0.15, -0.1) is 0 Å². The summed E-state index contributed by atoms with van der Waals surface area (Å²) in [6.07, 6.45) is -4.91. The van der Waals surface area contributed by atoms with Gasteiger partial charge in [0.1, 0.15) is 0 Å². The molecule has 2 rings (SSSR count). The number of para-hydroxylation sites is 2. The van der Waals surface area contributed by atoms with Crippen molar-refractivity contribution in [3.8, 4) is 0 Å². The molecule has 116 valence electrons. The SMILES string of the molecule is O=c1[nH]c2ccccc2n1CCCS(=O)CCC(F)(F)F. The van der Waals surface area contributed by atoms with Crippen LogP contribution in [0.5, 0.6) is 0 Å². The minimum absolute atomic E-state index is 0.155. The summed E-state index contributed by atoms with van der Waals surface area (Å²) in [6, 6.07) is 7.16. The van der Waals surface area contributed by atoms with Crippen LogP contribution in [0.2, 0.25) is 0 Å². The van der Waals surface area contributed by atoms with Crippen LogP contribution in [0.3, 0.4) is 0 Å². The number of hydrogen-bond donors (Lipinski definition) is 1. The van der Waals surface area contributed by atoms with E-state index in [2.05, 4.69) is 4.98 Å². The van der Waals surface area contributed by atoms with Gasteiger partial charge >= 0.3 is 11.9 Å².